The molecule has 5 rings (SSSR count). The van der Waals surface area contributed by atoms with Crippen molar-refractivity contribution in [3.63, 3.8) is 0 Å². The van der Waals surface area contributed by atoms with Crippen molar-refractivity contribution in [3.05, 3.63) is 166 Å². The molecular formula is C37H35F2OP. The van der Waals surface area contributed by atoms with Gasteiger partial charge in [-0.25, -0.2) is 8.78 Å². The molecule has 2 atom stereocenters. The Bertz CT molecular complexity index is 1570. The van der Waals surface area contributed by atoms with Gasteiger partial charge in [0.05, 0.1) is 0 Å². The lowest BCUT2D eigenvalue weighted by Gasteiger charge is -2.33. The van der Waals surface area contributed by atoms with E-state index in [9.17, 15) is 8.78 Å². The SMILES string of the molecule is CCC(C)(Pc1ccc(F)cc1F)c1cc(Cc2ccccc2)cc(Cc2ccccc2)c1OCc1ccccc1. The summed E-state index contributed by atoms with van der Waals surface area (Å²) in [6, 6.07) is 39.5. The summed E-state index contributed by atoms with van der Waals surface area (Å²) in [6.07, 6.45) is 2.26. The van der Waals surface area contributed by atoms with Crippen LogP contribution in [0.5, 0.6) is 5.75 Å². The molecule has 0 radical (unpaired) electrons. The fraction of sp³-hybridized carbons (Fsp3) is 0.189. The Labute approximate surface area is 244 Å². The van der Waals surface area contributed by atoms with E-state index in [1.165, 1.54) is 22.8 Å². The second-order valence-electron chi connectivity index (χ2n) is 10.7. The van der Waals surface area contributed by atoms with Crippen molar-refractivity contribution in [2.75, 3.05) is 0 Å². The highest BCUT2D eigenvalue weighted by Gasteiger charge is 2.32. The van der Waals surface area contributed by atoms with Crippen LogP contribution in [0.3, 0.4) is 0 Å². The Morgan fingerprint density at radius 1 is 0.659 bits per heavy atom. The summed E-state index contributed by atoms with van der Waals surface area (Å²) in [6.45, 7) is 4.75. The summed E-state index contributed by atoms with van der Waals surface area (Å²) < 4.78 is 35.5. The van der Waals surface area contributed by atoms with E-state index >= 15 is 0 Å². The van der Waals surface area contributed by atoms with Crippen LogP contribution in [-0.2, 0) is 24.6 Å². The maximum absolute atomic E-state index is 15.0. The third-order valence-corrected chi connectivity index (χ3v) is 9.43. The highest BCUT2D eigenvalue weighted by molar-refractivity contribution is 7.48. The van der Waals surface area contributed by atoms with Crippen LogP contribution in [0.2, 0.25) is 0 Å². The number of ether oxygens (including phenoxy) is 1. The lowest BCUT2D eigenvalue weighted by molar-refractivity contribution is 0.297. The standard InChI is InChI=1S/C37H35F2OP/c1-3-37(2,41-35-20-19-32(38)25-34(35)39)33-24-30(21-27-13-7-4-8-14-27)23-31(22-28-15-9-5-10-16-28)36(33)40-26-29-17-11-6-12-18-29/h4-20,23-25,41H,3,21-22,26H2,1-2H3. The van der Waals surface area contributed by atoms with Gasteiger partial charge in [0.15, 0.2) is 0 Å². The summed E-state index contributed by atoms with van der Waals surface area (Å²) in [5.41, 5.74) is 6.88. The lowest BCUT2D eigenvalue weighted by atomic mass is 9.88. The van der Waals surface area contributed by atoms with Crippen molar-refractivity contribution in [2.24, 2.45) is 0 Å². The Kier molecular flexibility index (Phi) is 9.27. The van der Waals surface area contributed by atoms with Gasteiger partial charge in [0, 0.05) is 28.5 Å². The predicted molar refractivity (Wildman–Crippen MR) is 168 cm³/mol. The minimum Gasteiger partial charge on any atom is -0.488 e. The van der Waals surface area contributed by atoms with E-state index in [1.54, 1.807) is 6.07 Å². The van der Waals surface area contributed by atoms with E-state index < -0.39 is 16.8 Å². The van der Waals surface area contributed by atoms with Crippen molar-refractivity contribution in [3.8, 4) is 5.75 Å². The molecule has 0 saturated heterocycles. The fourth-order valence-corrected chi connectivity index (χ4v) is 6.63. The summed E-state index contributed by atoms with van der Waals surface area (Å²) in [7, 11) is 0.0954. The van der Waals surface area contributed by atoms with Crippen LogP contribution in [0.25, 0.3) is 0 Å². The first kappa shape index (κ1) is 28.7. The maximum atomic E-state index is 15.0. The minimum absolute atomic E-state index is 0.0954. The Morgan fingerprint density at radius 2 is 1.24 bits per heavy atom. The quantitative estimate of drug-likeness (QED) is 0.145. The summed E-state index contributed by atoms with van der Waals surface area (Å²) in [4.78, 5) is 0. The van der Waals surface area contributed by atoms with E-state index in [-0.39, 0.29) is 8.58 Å². The average molecular weight is 565 g/mol. The zero-order chi connectivity index (χ0) is 28.7. The van der Waals surface area contributed by atoms with E-state index in [4.69, 9.17) is 4.74 Å². The number of halogens is 2. The highest BCUT2D eigenvalue weighted by Crippen LogP contribution is 2.49. The average Bonchev–Trinajstić information content (AvgIpc) is 2.99. The molecule has 4 heteroatoms. The summed E-state index contributed by atoms with van der Waals surface area (Å²) in [5.74, 6) is -0.204. The van der Waals surface area contributed by atoms with Gasteiger partial charge in [0.2, 0.25) is 0 Å². The number of hydrogen-bond donors (Lipinski definition) is 0. The molecular weight excluding hydrogens is 529 g/mol. The van der Waals surface area contributed by atoms with Crippen LogP contribution in [0.1, 0.15) is 53.6 Å². The molecule has 0 amide bonds. The Balaban J connectivity index is 1.65. The largest absolute Gasteiger partial charge is 0.488 e. The molecule has 1 nitrogen and oxygen atoms in total. The molecule has 41 heavy (non-hydrogen) atoms. The molecule has 2 unspecified atom stereocenters. The second kappa shape index (κ2) is 13.2. The van der Waals surface area contributed by atoms with E-state index in [0.717, 1.165) is 41.3 Å². The molecule has 0 aliphatic heterocycles. The lowest BCUT2D eigenvalue weighted by Crippen LogP contribution is -2.22. The molecule has 0 N–H and O–H groups in total. The Morgan fingerprint density at radius 3 is 1.83 bits per heavy atom. The zero-order valence-electron chi connectivity index (χ0n) is 23.5. The van der Waals surface area contributed by atoms with E-state index in [1.807, 2.05) is 30.3 Å². The number of benzene rings is 5. The van der Waals surface area contributed by atoms with Crippen molar-refractivity contribution in [1.29, 1.82) is 0 Å². The topological polar surface area (TPSA) is 9.23 Å². The fourth-order valence-electron chi connectivity index (χ4n) is 5.18. The first-order chi connectivity index (χ1) is 19.9. The molecule has 0 fully saturated rings. The predicted octanol–water partition coefficient (Wildman–Crippen LogP) is 9.35. The normalized spacial score (nSPS) is 12.9. The first-order valence-corrected chi connectivity index (χ1v) is 15.1. The van der Waals surface area contributed by atoms with Gasteiger partial charge in [0.25, 0.3) is 0 Å². The van der Waals surface area contributed by atoms with E-state index in [0.29, 0.717) is 18.3 Å². The van der Waals surface area contributed by atoms with Crippen molar-refractivity contribution >= 4 is 13.9 Å². The highest BCUT2D eigenvalue weighted by atomic mass is 31.1. The van der Waals surface area contributed by atoms with Crippen molar-refractivity contribution in [1.82, 2.24) is 0 Å². The van der Waals surface area contributed by atoms with Crippen LogP contribution in [0, 0.1) is 11.6 Å². The number of rotatable bonds is 11. The number of hydrogen-bond acceptors (Lipinski definition) is 1. The molecule has 0 spiro atoms. The first-order valence-electron chi connectivity index (χ1n) is 14.1. The van der Waals surface area contributed by atoms with Gasteiger partial charge in [-0.15, -0.1) is 0 Å². The van der Waals surface area contributed by atoms with Crippen LogP contribution in [-0.4, -0.2) is 0 Å². The summed E-state index contributed by atoms with van der Waals surface area (Å²) >= 11 is 0. The minimum atomic E-state index is -0.559. The maximum Gasteiger partial charge on any atom is 0.133 e. The van der Waals surface area contributed by atoms with Crippen molar-refractivity contribution < 1.29 is 13.5 Å². The van der Waals surface area contributed by atoms with Gasteiger partial charge in [-0.2, -0.15) is 0 Å². The molecule has 5 aromatic carbocycles. The molecule has 0 aliphatic carbocycles. The molecule has 0 aliphatic rings. The van der Waals surface area contributed by atoms with Gasteiger partial charge in [-0.05, 0) is 52.8 Å². The van der Waals surface area contributed by atoms with Crippen molar-refractivity contribution in [2.45, 2.75) is 44.9 Å². The third kappa shape index (κ3) is 7.29. The Hall–Kier alpha value is -3.81. The molecule has 0 bridgehead atoms. The van der Waals surface area contributed by atoms with Crippen LogP contribution >= 0.6 is 8.58 Å². The van der Waals surface area contributed by atoms with Gasteiger partial charge in [-0.3, -0.25) is 0 Å². The van der Waals surface area contributed by atoms with Gasteiger partial charge < -0.3 is 4.74 Å². The molecule has 0 heterocycles. The van der Waals surface area contributed by atoms with E-state index in [2.05, 4.69) is 86.6 Å². The van der Waals surface area contributed by atoms with Crippen LogP contribution in [0.4, 0.5) is 8.78 Å². The zero-order valence-corrected chi connectivity index (χ0v) is 24.5. The smallest absolute Gasteiger partial charge is 0.133 e. The molecule has 5 aromatic rings. The van der Waals surface area contributed by atoms with Crippen LogP contribution < -0.4 is 10.0 Å². The second-order valence-corrected chi connectivity index (χ2v) is 12.6. The summed E-state index contributed by atoms with van der Waals surface area (Å²) in [5, 5.41) is 0.103. The molecule has 208 valence electrons. The van der Waals surface area contributed by atoms with Crippen LogP contribution in [0.15, 0.2) is 121 Å². The van der Waals surface area contributed by atoms with Gasteiger partial charge in [0.1, 0.15) is 24.0 Å². The molecule has 0 saturated carbocycles. The molecule has 0 aromatic heterocycles. The third-order valence-electron chi connectivity index (χ3n) is 7.58. The van der Waals surface area contributed by atoms with Gasteiger partial charge in [-0.1, -0.05) is 126 Å². The monoisotopic (exact) mass is 564 g/mol. The van der Waals surface area contributed by atoms with Gasteiger partial charge >= 0.3 is 0 Å².